The lowest BCUT2D eigenvalue weighted by Gasteiger charge is -2.17. The Bertz CT molecular complexity index is 385. The molecule has 2 rings (SSSR count). The lowest BCUT2D eigenvalue weighted by Crippen LogP contribution is -2.29. The number of carbonyl (C=O) groups is 1. The number of ketones is 1. The highest BCUT2D eigenvalue weighted by Gasteiger charge is 2.25. The van der Waals surface area contributed by atoms with E-state index >= 15 is 0 Å². The Morgan fingerprint density at radius 3 is 2.67 bits per heavy atom. The number of nitrogens with zero attached hydrogens (tertiary/aromatic N) is 1. The SMILES string of the molecule is CC(C)C1CCN(CC(=O)Cc2ccccc2)C1. The summed E-state index contributed by atoms with van der Waals surface area (Å²) in [6, 6.07) is 10.0. The normalized spacial score (nSPS) is 20.5. The van der Waals surface area contributed by atoms with E-state index in [1.807, 2.05) is 30.3 Å². The van der Waals surface area contributed by atoms with Gasteiger partial charge in [0, 0.05) is 13.0 Å². The minimum Gasteiger partial charge on any atom is -0.298 e. The molecule has 98 valence electrons. The number of benzene rings is 1. The molecule has 1 aromatic carbocycles. The van der Waals surface area contributed by atoms with E-state index in [-0.39, 0.29) is 0 Å². The van der Waals surface area contributed by atoms with Crippen LogP contribution in [-0.4, -0.2) is 30.3 Å². The smallest absolute Gasteiger partial charge is 0.151 e. The van der Waals surface area contributed by atoms with Crippen molar-refractivity contribution in [3.05, 3.63) is 35.9 Å². The molecule has 1 fully saturated rings. The first-order valence-electron chi connectivity index (χ1n) is 6.93. The van der Waals surface area contributed by atoms with Crippen molar-refractivity contribution in [1.82, 2.24) is 4.90 Å². The van der Waals surface area contributed by atoms with Crippen molar-refractivity contribution in [2.45, 2.75) is 26.7 Å². The van der Waals surface area contributed by atoms with Crippen molar-refractivity contribution in [2.24, 2.45) is 11.8 Å². The van der Waals surface area contributed by atoms with Crippen LogP contribution in [0.1, 0.15) is 25.8 Å². The maximum atomic E-state index is 12.0. The van der Waals surface area contributed by atoms with Gasteiger partial charge in [-0.25, -0.2) is 0 Å². The van der Waals surface area contributed by atoms with Crippen molar-refractivity contribution < 1.29 is 4.79 Å². The topological polar surface area (TPSA) is 20.3 Å². The lowest BCUT2D eigenvalue weighted by atomic mass is 9.95. The molecule has 2 heteroatoms. The Kier molecular flexibility index (Phi) is 4.54. The summed E-state index contributed by atoms with van der Waals surface area (Å²) in [4.78, 5) is 14.3. The third-order valence-corrected chi connectivity index (χ3v) is 3.90. The second-order valence-corrected chi connectivity index (χ2v) is 5.73. The highest BCUT2D eigenvalue weighted by atomic mass is 16.1. The zero-order valence-electron chi connectivity index (χ0n) is 11.4. The average molecular weight is 245 g/mol. The van der Waals surface area contributed by atoms with Gasteiger partial charge in [-0.05, 0) is 30.4 Å². The van der Waals surface area contributed by atoms with Crippen molar-refractivity contribution >= 4 is 5.78 Å². The molecule has 0 radical (unpaired) electrons. The molecule has 1 heterocycles. The van der Waals surface area contributed by atoms with Crippen LogP contribution in [0.15, 0.2) is 30.3 Å². The number of rotatable bonds is 5. The zero-order valence-corrected chi connectivity index (χ0v) is 11.4. The fourth-order valence-corrected chi connectivity index (χ4v) is 2.68. The van der Waals surface area contributed by atoms with Gasteiger partial charge >= 0.3 is 0 Å². The quantitative estimate of drug-likeness (QED) is 0.795. The third-order valence-electron chi connectivity index (χ3n) is 3.90. The number of carbonyl (C=O) groups excluding carboxylic acids is 1. The number of Topliss-reactive ketones (excluding diaryl/α,β-unsaturated/α-hetero) is 1. The highest BCUT2D eigenvalue weighted by molar-refractivity contribution is 5.82. The number of hydrogen-bond donors (Lipinski definition) is 0. The minimum atomic E-state index is 0.339. The maximum Gasteiger partial charge on any atom is 0.151 e. The summed E-state index contributed by atoms with van der Waals surface area (Å²) < 4.78 is 0. The molecule has 0 N–H and O–H groups in total. The first-order valence-corrected chi connectivity index (χ1v) is 6.93. The molecule has 1 aromatic rings. The maximum absolute atomic E-state index is 12.0. The molecule has 1 unspecified atom stereocenters. The fourth-order valence-electron chi connectivity index (χ4n) is 2.68. The molecule has 1 aliphatic heterocycles. The largest absolute Gasteiger partial charge is 0.298 e. The molecule has 1 saturated heterocycles. The van der Waals surface area contributed by atoms with Crippen LogP contribution < -0.4 is 0 Å². The van der Waals surface area contributed by atoms with Crippen molar-refractivity contribution in [1.29, 1.82) is 0 Å². The van der Waals surface area contributed by atoms with Gasteiger partial charge in [-0.2, -0.15) is 0 Å². The Labute approximate surface area is 110 Å². The molecule has 0 spiro atoms. The van der Waals surface area contributed by atoms with Crippen molar-refractivity contribution in [2.75, 3.05) is 19.6 Å². The number of likely N-dealkylation sites (tertiary alicyclic amines) is 1. The van der Waals surface area contributed by atoms with E-state index in [0.29, 0.717) is 18.7 Å². The van der Waals surface area contributed by atoms with Crippen LogP contribution in [-0.2, 0) is 11.2 Å². The van der Waals surface area contributed by atoms with Crippen LogP contribution in [0.2, 0.25) is 0 Å². The molecule has 0 aliphatic carbocycles. The standard InChI is InChI=1S/C16H23NO/c1-13(2)15-8-9-17(11-15)12-16(18)10-14-6-4-3-5-7-14/h3-7,13,15H,8-12H2,1-2H3. The Morgan fingerprint density at radius 1 is 1.33 bits per heavy atom. The van der Waals surface area contributed by atoms with E-state index in [1.165, 1.54) is 6.42 Å². The predicted octanol–water partition coefficient (Wildman–Crippen LogP) is 2.78. The van der Waals surface area contributed by atoms with Gasteiger partial charge in [0.15, 0.2) is 5.78 Å². The molecular formula is C16H23NO. The summed E-state index contributed by atoms with van der Waals surface area (Å²) in [5.41, 5.74) is 1.13. The van der Waals surface area contributed by atoms with Crippen LogP contribution in [0.4, 0.5) is 0 Å². The first kappa shape index (κ1) is 13.3. The summed E-state index contributed by atoms with van der Waals surface area (Å²) in [5, 5.41) is 0. The van der Waals surface area contributed by atoms with Crippen LogP contribution in [0, 0.1) is 11.8 Å². The molecule has 0 amide bonds. The second kappa shape index (κ2) is 6.14. The molecule has 0 saturated carbocycles. The molecule has 18 heavy (non-hydrogen) atoms. The molecule has 0 bridgehead atoms. The zero-order chi connectivity index (χ0) is 13.0. The van der Waals surface area contributed by atoms with Gasteiger partial charge < -0.3 is 0 Å². The molecule has 1 aliphatic rings. The Morgan fingerprint density at radius 2 is 2.06 bits per heavy atom. The van der Waals surface area contributed by atoms with E-state index in [0.717, 1.165) is 30.5 Å². The van der Waals surface area contributed by atoms with E-state index in [2.05, 4.69) is 18.7 Å². The van der Waals surface area contributed by atoms with Crippen molar-refractivity contribution in [3.63, 3.8) is 0 Å². The van der Waals surface area contributed by atoms with Crippen LogP contribution in [0.5, 0.6) is 0 Å². The van der Waals surface area contributed by atoms with Gasteiger partial charge in [-0.3, -0.25) is 9.69 Å². The van der Waals surface area contributed by atoms with Gasteiger partial charge in [0.05, 0.1) is 6.54 Å². The van der Waals surface area contributed by atoms with Crippen molar-refractivity contribution in [3.8, 4) is 0 Å². The monoisotopic (exact) mass is 245 g/mol. The summed E-state index contributed by atoms with van der Waals surface area (Å²) in [5.74, 6) is 1.85. The van der Waals surface area contributed by atoms with E-state index < -0.39 is 0 Å². The van der Waals surface area contributed by atoms with Gasteiger partial charge in [-0.15, -0.1) is 0 Å². The summed E-state index contributed by atoms with van der Waals surface area (Å²) in [6.07, 6.45) is 1.82. The second-order valence-electron chi connectivity index (χ2n) is 5.73. The van der Waals surface area contributed by atoms with E-state index in [9.17, 15) is 4.79 Å². The predicted molar refractivity (Wildman–Crippen MR) is 74.5 cm³/mol. The lowest BCUT2D eigenvalue weighted by molar-refractivity contribution is -0.119. The van der Waals surface area contributed by atoms with Gasteiger partial charge in [-0.1, -0.05) is 44.2 Å². The van der Waals surface area contributed by atoms with Gasteiger partial charge in [0.25, 0.3) is 0 Å². The molecular weight excluding hydrogens is 222 g/mol. The summed E-state index contributed by atoms with van der Waals surface area (Å²) in [6.45, 7) is 7.36. The molecule has 1 atom stereocenters. The van der Waals surface area contributed by atoms with Crippen LogP contribution in [0.25, 0.3) is 0 Å². The van der Waals surface area contributed by atoms with Crippen LogP contribution >= 0.6 is 0 Å². The minimum absolute atomic E-state index is 0.339. The average Bonchev–Trinajstić information content (AvgIpc) is 2.78. The Hall–Kier alpha value is -1.15. The van der Waals surface area contributed by atoms with Gasteiger partial charge in [0.2, 0.25) is 0 Å². The first-order chi connectivity index (χ1) is 8.65. The molecule has 2 nitrogen and oxygen atoms in total. The third kappa shape index (κ3) is 3.67. The summed E-state index contributed by atoms with van der Waals surface area (Å²) in [7, 11) is 0. The Balaban J connectivity index is 1.79. The number of hydrogen-bond acceptors (Lipinski definition) is 2. The van der Waals surface area contributed by atoms with Crippen LogP contribution in [0.3, 0.4) is 0 Å². The van der Waals surface area contributed by atoms with E-state index in [1.54, 1.807) is 0 Å². The van der Waals surface area contributed by atoms with E-state index in [4.69, 9.17) is 0 Å². The highest BCUT2D eigenvalue weighted by Crippen LogP contribution is 2.23. The fraction of sp³-hybridized carbons (Fsp3) is 0.562. The van der Waals surface area contributed by atoms with Gasteiger partial charge in [0.1, 0.15) is 0 Å². The molecule has 0 aromatic heterocycles. The summed E-state index contributed by atoms with van der Waals surface area (Å²) >= 11 is 0.